The van der Waals surface area contributed by atoms with Crippen LogP contribution in [-0.4, -0.2) is 11.2 Å². The van der Waals surface area contributed by atoms with Crippen molar-refractivity contribution in [2.75, 3.05) is 0 Å². The highest BCUT2D eigenvalue weighted by molar-refractivity contribution is 4.91. The Morgan fingerprint density at radius 3 is 2.20 bits per heavy atom. The molecule has 0 spiro atoms. The van der Waals surface area contributed by atoms with Gasteiger partial charge in [0, 0.05) is 0 Å². The standard InChI is InChI=1S/C9H18O/c1-3-5-9(8(2)10)6-4-7-9/h8,10H,3-7H2,1-2H3. The molecule has 0 heterocycles. The normalized spacial score (nSPS) is 25.5. The van der Waals surface area contributed by atoms with Gasteiger partial charge >= 0.3 is 0 Å². The first-order valence-electron chi connectivity index (χ1n) is 4.39. The molecule has 0 aromatic heterocycles. The summed E-state index contributed by atoms with van der Waals surface area (Å²) in [6, 6.07) is 0. The molecule has 0 radical (unpaired) electrons. The van der Waals surface area contributed by atoms with Crippen molar-refractivity contribution in [1.82, 2.24) is 0 Å². The fourth-order valence-electron chi connectivity index (χ4n) is 2.01. The maximum atomic E-state index is 9.45. The highest BCUT2D eigenvalue weighted by atomic mass is 16.3. The molecule has 1 saturated carbocycles. The highest BCUT2D eigenvalue weighted by Crippen LogP contribution is 2.47. The topological polar surface area (TPSA) is 20.2 Å². The van der Waals surface area contributed by atoms with E-state index >= 15 is 0 Å². The van der Waals surface area contributed by atoms with Gasteiger partial charge in [0.05, 0.1) is 6.10 Å². The summed E-state index contributed by atoms with van der Waals surface area (Å²) in [4.78, 5) is 0. The van der Waals surface area contributed by atoms with Crippen molar-refractivity contribution in [2.24, 2.45) is 5.41 Å². The van der Waals surface area contributed by atoms with E-state index in [0.29, 0.717) is 5.41 Å². The molecule has 1 aliphatic carbocycles. The SMILES string of the molecule is CCCC1(C(C)O)CCC1. The highest BCUT2D eigenvalue weighted by Gasteiger charge is 2.39. The van der Waals surface area contributed by atoms with E-state index in [1.807, 2.05) is 6.92 Å². The van der Waals surface area contributed by atoms with E-state index in [4.69, 9.17) is 0 Å². The van der Waals surface area contributed by atoms with Gasteiger partial charge in [-0.25, -0.2) is 0 Å². The fraction of sp³-hybridized carbons (Fsp3) is 1.00. The first kappa shape index (κ1) is 8.06. The Balaban J connectivity index is 2.42. The van der Waals surface area contributed by atoms with Gasteiger partial charge in [0.25, 0.3) is 0 Å². The molecule has 1 aliphatic rings. The number of aliphatic hydroxyl groups excluding tert-OH is 1. The van der Waals surface area contributed by atoms with Gasteiger partial charge in [-0.2, -0.15) is 0 Å². The summed E-state index contributed by atoms with van der Waals surface area (Å²) >= 11 is 0. The molecule has 1 nitrogen and oxygen atoms in total. The van der Waals surface area contributed by atoms with E-state index in [2.05, 4.69) is 6.92 Å². The van der Waals surface area contributed by atoms with Crippen LogP contribution in [0.1, 0.15) is 46.0 Å². The summed E-state index contributed by atoms with van der Waals surface area (Å²) < 4.78 is 0. The predicted molar refractivity (Wildman–Crippen MR) is 42.9 cm³/mol. The van der Waals surface area contributed by atoms with Crippen molar-refractivity contribution in [3.63, 3.8) is 0 Å². The predicted octanol–water partition coefficient (Wildman–Crippen LogP) is 2.34. The lowest BCUT2D eigenvalue weighted by Crippen LogP contribution is -2.39. The minimum Gasteiger partial charge on any atom is -0.393 e. The van der Waals surface area contributed by atoms with Gasteiger partial charge in [-0.15, -0.1) is 0 Å². The third-order valence-corrected chi connectivity index (χ3v) is 2.98. The van der Waals surface area contributed by atoms with Crippen LogP contribution in [0, 0.1) is 5.41 Å². The smallest absolute Gasteiger partial charge is 0.0568 e. The molecule has 0 saturated heterocycles. The molecule has 1 fully saturated rings. The fourth-order valence-corrected chi connectivity index (χ4v) is 2.01. The molecule has 10 heavy (non-hydrogen) atoms. The van der Waals surface area contributed by atoms with Crippen molar-refractivity contribution in [3.8, 4) is 0 Å². The molecular weight excluding hydrogens is 124 g/mol. The molecule has 60 valence electrons. The lowest BCUT2D eigenvalue weighted by atomic mass is 9.63. The third-order valence-electron chi connectivity index (χ3n) is 2.98. The van der Waals surface area contributed by atoms with Crippen molar-refractivity contribution < 1.29 is 5.11 Å². The molecule has 1 atom stereocenters. The zero-order chi connectivity index (χ0) is 7.61. The van der Waals surface area contributed by atoms with Crippen LogP contribution in [0.3, 0.4) is 0 Å². The van der Waals surface area contributed by atoms with E-state index in [1.54, 1.807) is 0 Å². The molecule has 0 bridgehead atoms. The minimum atomic E-state index is -0.0822. The lowest BCUT2D eigenvalue weighted by Gasteiger charge is -2.44. The Morgan fingerprint density at radius 1 is 1.50 bits per heavy atom. The second-order valence-electron chi connectivity index (χ2n) is 3.64. The first-order valence-corrected chi connectivity index (χ1v) is 4.39. The Kier molecular flexibility index (Phi) is 2.35. The lowest BCUT2D eigenvalue weighted by molar-refractivity contribution is -0.0301. The van der Waals surface area contributed by atoms with E-state index in [9.17, 15) is 5.11 Å². The van der Waals surface area contributed by atoms with Gasteiger partial charge in [-0.05, 0) is 31.6 Å². The van der Waals surface area contributed by atoms with E-state index in [1.165, 1.54) is 32.1 Å². The second kappa shape index (κ2) is 2.91. The van der Waals surface area contributed by atoms with Gasteiger partial charge < -0.3 is 5.11 Å². The maximum Gasteiger partial charge on any atom is 0.0568 e. The molecule has 1 N–H and O–H groups in total. The summed E-state index contributed by atoms with van der Waals surface area (Å²) in [5, 5.41) is 9.45. The van der Waals surface area contributed by atoms with Gasteiger partial charge in [-0.1, -0.05) is 19.8 Å². The summed E-state index contributed by atoms with van der Waals surface area (Å²) in [5.74, 6) is 0. The van der Waals surface area contributed by atoms with Crippen molar-refractivity contribution in [3.05, 3.63) is 0 Å². The molecule has 1 unspecified atom stereocenters. The monoisotopic (exact) mass is 142 g/mol. The minimum absolute atomic E-state index is 0.0822. The number of hydrogen-bond acceptors (Lipinski definition) is 1. The van der Waals surface area contributed by atoms with E-state index in [-0.39, 0.29) is 6.10 Å². The Labute approximate surface area is 63.4 Å². The Hall–Kier alpha value is -0.0400. The summed E-state index contributed by atoms with van der Waals surface area (Å²) in [6.07, 6.45) is 6.17. The van der Waals surface area contributed by atoms with E-state index < -0.39 is 0 Å². The van der Waals surface area contributed by atoms with Crippen LogP contribution < -0.4 is 0 Å². The quantitative estimate of drug-likeness (QED) is 0.641. The largest absolute Gasteiger partial charge is 0.393 e. The zero-order valence-corrected chi connectivity index (χ0v) is 7.06. The number of rotatable bonds is 3. The van der Waals surface area contributed by atoms with Crippen LogP contribution in [0.4, 0.5) is 0 Å². The molecule has 1 heteroatoms. The van der Waals surface area contributed by atoms with Crippen LogP contribution >= 0.6 is 0 Å². The van der Waals surface area contributed by atoms with Crippen LogP contribution in [-0.2, 0) is 0 Å². The van der Waals surface area contributed by atoms with Gasteiger partial charge in [0.15, 0.2) is 0 Å². The summed E-state index contributed by atoms with van der Waals surface area (Å²) in [5.41, 5.74) is 0.328. The Morgan fingerprint density at radius 2 is 2.10 bits per heavy atom. The molecule has 1 rings (SSSR count). The van der Waals surface area contributed by atoms with Crippen LogP contribution in [0.15, 0.2) is 0 Å². The second-order valence-corrected chi connectivity index (χ2v) is 3.64. The molecule has 0 amide bonds. The molecular formula is C9H18O. The molecule has 0 aliphatic heterocycles. The molecule has 0 aromatic rings. The van der Waals surface area contributed by atoms with Crippen molar-refractivity contribution >= 4 is 0 Å². The number of aliphatic hydroxyl groups is 1. The van der Waals surface area contributed by atoms with Crippen LogP contribution in [0.25, 0.3) is 0 Å². The van der Waals surface area contributed by atoms with E-state index in [0.717, 1.165) is 0 Å². The average Bonchev–Trinajstić information content (AvgIpc) is 1.77. The first-order chi connectivity index (χ1) is 4.71. The van der Waals surface area contributed by atoms with Gasteiger partial charge in [0.1, 0.15) is 0 Å². The third kappa shape index (κ3) is 1.20. The zero-order valence-electron chi connectivity index (χ0n) is 7.06. The average molecular weight is 142 g/mol. The van der Waals surface area contributed by atoms with Gasteiger partial charge in [0.2, 0.25) is 0 Å². The Bertz CT molecular complexity index is 103. The summed E-state index contributed by atoms with van der Waals surface area (Å²) in [7, 11) is 0. The number of hydrogen-bond donors (Lipinski definition) is 1. The van der Waals surface area contributed by atoms with Crippen LogP contribution in [0.2, 0.25) is 0 Å². The van der Waals surface area contributed by atoms with Gasteiger partial charge in [-0.3, -0.25) is 0 Å². The maximum absolute atomic E-state index is 9.45. The van der Waals surface area contributed by atoms with Crippen molar-refractivity contribution in [2.45, 2.75) is 52.1 Å². The van der Waals surface area contributed by atoms with Crippen LogP contribution in [0.5, 0.6) is 0 Å². The van der Waals surface area contributed by atoms with Crippen molar-refractivity contribution in [1.29, 1.82) is 0 Å². The summed E-state index contributed by atoms with van der Waals surface area (Å²) in [6.45, 7) is 4.14. The molecule has 0 aromatic carbocycles.